The number of nitro groups is 1. The number of rotatable bonds is 10. The summed E-state index contributed by atoms with van der Waals surface area (Å²) in [5, 5.41) is 19.1. The van der Waals surface area contributed by atoms with E-state index in [1.807, 2.05) is 6.92 Å². The zero-order chi connectivity index (χ0) is 19.3. The molecule has 2 aromatic rings. The molecule has 0 aliphatic carbocycles. The Kier molecular flexibility index (Phi) is 6.32. The van der Waals surface area contributed by atoms with E-state index in [2.05, 4.69) is 14.9 Å². The van der Waals surface area contributed by atoms with Crippen LogP contribution in [0.3, 0.4) is 0 Å². The summed E-state index contributed by atoms with van der Waals surface area (Å²) >= 11 is 0. The second-order valence-electron chi connectivity index (χ2n) is 5.46. The highest BCUT2D eigenvalue weighted by Gasteiger charge is 2.21. The van der Waals surface area contributed by atoms with Gasteiger partial charge >= 0.3 is 11.6 Å². The first-order chi connectivity index (χ1) is 12.3. The third-order valence-corrected chi connectivity index (χ3v) is 5.12. The van der Waals surface area contributed by atoms with Crippen LogP contribution in [0.1, 0.15) is 26.0 Å². The van der Waals surface area contributed by atoms with E-state index in [1.54, 1.807) is 18.5 Å². The van der Waals surface area contributed by atoms with Crippen LogP contribution in [0.2, 0.25) is 0 Å². The first-order valence-electron chi connectivity index (χ1n) is 8.16. The van der Waals surface area contributed by atoms with Gasteiger partial charge in [0.1, 0.15) is 11.1 Å². The van der Waals surface area contributed by atoms with Gasteiger partial charge in [0.2, 0.25) is 10.0 Å². The van der Waals surface area contributed by atoms with Gasteiger partial charge in [-0.05, 0) is 27.2 Å². The zero-order valence-corrected chi connectivity index (χ0v) is 15.7. The molecule has 2 heterocycles. The Bertz CT molecular complexity index is 873. The molecule has 0 atom stereocenters. The molecule has 0 radical (unpaired) electrons. The second-order valence-corrected chi connectivity index (χ2v) is 7.19. The molecule has 0 unspecified atom stereocenters. The van der Waals surface area contributed by atoms with E-state index in [0.717, 1.165) is 0 Å². The summed E-state index contributed by atoms with van der Waals surface area (Å²) in [6, 6.07) is 0. The van der Waals surface area contributed by atoms with Crippen LogP contribution in [-0.4, -0.2) is 46.1 Å². The fourth-order valence-electron chi connectivity index (χ4n) is 2.32. The molecule has 0 aliphatic heterocycles. The molecule has 1 N–H and O–H groups in total. The third kappa shape index (κ3) is 4.58. The normalized spacial score (nSPS) is 11.7. The Morgan fingerprint density at radius 1 is 1.27 bits per heavy atom. The summed E-state index contributed by atoms with van der Waals surface area (Å²) in [5.41, 5.74) is 0.221. The van der Waals surface area contributed by atoms with Crippen LogP contribution in [0.4, 0.5) is 5.69 Å². The van der Waals surface area contributed by atoms with E-state index < -0.39 is 14.9 Å². The van der Waals surface area contributed by atoms with Crippen molar-refractivity contribution in [1.82, 2.24) is 24.3 Å². The van der Waals surface area contributed by atoms with Gasteiger partial charge in [0.05, 0.1) is 17.2 Å². The minimum atomic E-state index is -3.66. The molecular formula is C14H22N6O5S. The summed E-state index contributed by atoms with van der Waals surface area (Å²) in [7, 11) is -3.66. The lowest BCUT2D eigenvalue weighted by Crippen LogP contribution is -2.26. The standard InChI is InChI=1S/C14H22N6O5S/c1-4-18-10-13(11(3)16-18)26(23,24)15-7-6-8-19-9-12(20(21)22)14(17-19)25-5-2/h9-10,15H,4-8H2,1-3H3. The van der Waals surface area contributed by atoms with Crippen molar-refractivity contribution in [2.75, 3.05) is 13.2 Å². The Morgan fingerprint density at radius 2 is 2.00 bits per heavy atom. The maximum Gasteiger partial charge on any atom is 0.350 e. The molecule has 0 saturated heterocycles. The number of aromatic nitrogens is 4. The number of ether oxygens (including phenoxy) is 1. The maximum atomic E-state index is 12.3. The van der Waals surface area contributed by atoms with Crippen molar-refractivity contribution in [3.8, 4) is 5.88 Å². The van der Waals surface area contributed by atoms with E-state index in [9.17, 15) is 18.5 Å². The number of hydrogen-bond donors (Lipinski definition) is 1. The molecule has 0 amide bonds. The van der Waals surface area contributed by atoms with Gasteiger partial charge in [-0.1, -0.05) is 0 Å². The molecule has 11 nitrogen and oxygen atoms in total. The maximum absolute atomic E-state index is 12.3. The molecule has 0 bridgehead atoms. The fourth-order valence-corrected chi connectivity index (χ4v) is 3.58. The van der Waals surface area contributed by atoms with Gasteiger partial charge in [-0.25, -0.2) is 13.1 Å². The first kappa shape index (κ1) is 19.8. The Labute approximate surface area is 151 Å². The van der Waals surface area contributed by atoms with Crippen LogP contribution in [0.15, 0.2) is 17.3 Å². The third-order valence-electron chi connectivity index (χ3n) is 3.56. The summed E-state index contributed by atoms with van der Waals surface area (Å²) in [5.74, 6) is -0.0410. The molecular weight excluding hydrogens is 364 g/mol. The quantitative estimate of drug-likeness (QED) is 0.367. The van der Waals surface area contributed by atoms with Crippen LogP contribution in [0.5, 0.6) is 5.88 Å². The number of sulfonamides is 1. The molecule has 0 aromatic carbocycles. The summed E-state index contributed by atoms with van der Waals surface area (Å²) < 4.78 is 35.2. The van der Waals surface area contributed by atoms with E-state index in [4.69, 9.17) is 4.74 Å². The van der Waals surface area contributed by atoms with Crippen LogP contribution in [0, 0.1) is 17.0 Å². The first-order valence-corrected chi connectivity index (χ1v) is 9.65. The number of nitrogens with zero attached hydrogens (tertiary/aromatic N) is 5. The molecule has 2 aromatic heterocycles. The van der Waals surface area contributed by atoms with Crippen molar-refractivity contribution >= 4 is 15.7 Å². The molecule has 0 spiro atoms. The van der Waals surface area contributed by atoms with E-state index >= 15 is 0 Å². The van der Waals surface area contributed by atoms with Crippen molar-refractivity contribution < 1.29 is 18.1 Å². The zero-order valence-electron chi connectivity index (χ0n) is 14.9. The highest BCUT2D eigenvalue weighted by Crippen LogP contribution is 2.24. The van der Waals surface area contributed by atoms with Gasteiger partial charge in [0.25, 0.3) is 0 Å². The molecule has 0 fully saturated rings. The average Bonchev–Trinajstić information content (AvgIpc) is 3.16. The SMILES string of the molecule is CCOc1nn(CCCNS(=O)(=O)c2cn(CC)nc2C)cc1[N+](=O)[O-]. The second kappa shape index (κ2) is 8.27. The lowest BCUT2D eigenvalue weighted by atomic mass is 10.4. The van der Waals surface area contributed by atoms with Gasteiger partial charge in [-0.2, -0.15) is 5.10 Å². The predicted octanol–water partition coefficient (Wildman–Crippen LogP) is 1.08. The predicted molar refractivity (Wildman–Crippen MR) is 92.5 cm³/mol. The van der Waals surface area contributed by atoms with E-state index in [1.165, 1.54) is 17.1 Å². The Morgan fingerprint density at radius 3 is 2.58 bits per heavy atom. The van der Waals surface area contributed by atoms with Crippen molar-refractivity contribution in [2.45, 2.75) is 45.2 Å². The minimum Gasteiger partial charge on any atom is -0.472 e. The lowest BCUT2D eigenvalue weighted by Gasteiger charge is -2.05. The van der Waals surface area contributed by atoms with Crippen molar-refractivity contribution in [3.63, 3.8) is 0 Å². The van der Waals surface area contributed by atoms with Crippen LogP contribution in [-0.2, 0) is 23.1 Å². The Balaban J connectivity index is 1.94. The van der Waals surface area contributed by atoms with Gasteiger partial charge in [-0.3, -0.25) is 19.5 Å². The molecule has 0 saturated carbocycles. The van der Waals surface area contributed by atoms with E-state index in [0.29, 0.717) is 25.2 Å². The van der Waals surface area contributed by atoms with Gasteiger partial charge in [0.15, 0.2) is 0 Å². The van der Waals surface area contributed by atoms with Crippen LogP contribution < -0.4 is 9.46 Å². The van der Waals surface area contributed by atoms with Gasteiger partial charge in [-0.15, -0.1) is 5.10 Å². The van der Waals surface area contributed by atoms with Crippen LogP contribution in [0.25, 0.3) is 0 Å². The van der Waals surface area contributed by atoms with Gasteiger partial charge < -0.3 is 4.74 Å². The summed E-state index contributed by atoms with van der Waals surface area (Å²) in [6.45, 7) is 6.54. The number of hydrogen-bond acceptors (Lipinski definition) is 7. The minimum absolute atomic E-state index is 0.0410. The van der Waals surface area contributed by atoms with Crippen LogP contribution >= 0.6 is 0 Å². The molecule has 144 valence electrons. The lowest BCUT2D eigenvalue weighted by molar-refractivity contribution is -0.385. The highest BCUT2D eigenvalue weighted by atomic mass is 32.2. The highest BCUT2D eigenvalue weighted by molar-refractivity contribution is 7.89. The monoisotopic (exact) mass is 386 g/mol. The molecule has 12 heteroatoms. The van der Waals surface area contributed by atoms with Crippen molar-refractivity contribution in [3.05, 3.63) is 28.2 Å². The molecule has 26 heavy (non-hydrogen) atoms. The summed E-state index contributed by atoms with van der Waals surface area (Å²) in [6.07, 6.45) is 3.17. The Hall–Kier alpha value is -2.47. The molecule has 0 aliphatic rings. The fraction of sp³-hybridized carbons (Fsp3) is 0.571. The van der Waals surface area contributed by atoms with Crippen molar-refractivity contribution in [1.29, 1.82) is 0 Å². The number of aryl methyl sites for hydroxylation is 3. The smallest absolute Gasteiger partial charge is 0.350 e. The molecule has 2 rings (SSSR count). The number of nitrogens with one attached hydrogen (secondary N) is 1. The average molecular weight is 386 g/mol. The van der Waals surface area contributed by atoms with Crippen molar-refractivity contribution in [2.24, 2.45) is 0 Å². The topological polar surface area (TPSA) is 134 Å². The van der Waals surface area contributed by atoms with Gasteiger partial charge in [0, 0.05) is 25.8 Å². The summed E-state index contributed by atoms with van der Waals surface area (Å²) in [4.78, 5) is 10.5. The van der Waals surface area contributed by atoms with E-state index in [-0.39, 0.29) is 29.6 Å². The largest absolute Gasteiger partial charge is 0.472 e.